The van der Waals surface area contributed by atoms with Gasteiger partial charge < -0.3 is 4.90 Å². The topological polar surface area (TPSA) is 62.2 Å². The Labute approximate surface area is 159 Å². The van der Waals surface area contributed by atoms with Gasteiger partial charge in [0, 0.05) is 63.0 Å². The van der Waals surface area contributed by atoms with Crippen LogP contribution in [0.3, 0.4) is 0 Å². The number of likely N-dealkylation sites (tertiary alicyclic amines) is 1. The zero-order valence-electron chi connectivity index (χ0n) is 15.0. The van der Waals surface area contributed by atoms with Gasteiger partial charge in [0.25, 0.3) is 0 Å². The molecule has 0 unspecified atom stereocenters. The van der Waals surface area contributed by atoms with Crippen LogP contribution in [0.4, 0.5) is 0 Å². The van der Waals surface area contributed by atoms with Crippen LogP contribution in [0.2, 0.25) is 5.02 Å². The molecular weight excluding hydrogens is 350 g/mol. The van der Waals surface area contributed by atoms with E-state index in [0.717, 1.165) is 50.0 Å². The van der Waals surface area contributed by atoms with Crippen LogP contribution in [0.5, 0.6) is 0 Å². The molecule has 0 bridgehead atoms. The Morgan fingerprint density at radius 3 is 2.77 bits per heavy atom. The summed E-state index contributed by atoms with van der Waals surface area (Å²) in [6.45, 7) is 4.98. The van der Waals surface area contributed by atoms with Gasteiger partial charge in [-0.2, -0.15) is 0 Å². The Balaban J connectivity index is 1.62. The Kier molecular flexibility index (Phi) is 6.52. The molecule has 0 aromatic carbocycles. The quantitative estimate of drug-likeness (QED) is 0.806. The van der Waals surface area contributed by atoms with Crippen molar-refractivity contribution in [3.8, 4) is 0 Å². The second-order valence-electron chi connectivity index (χ2n) is 6.72. The van der Waals surface area contributed by atoms with Gasteiger partial charge >= 0.3 is 0 Å². The van der Waals surface area contributed by atoms with Gasteiger partial charge in [-0.15, -0.1) is 0 Å². The monoisotopic (exact) mass is 373 g/mol. The van der Waals surface area contributed by atoms with E-state index in [1.54, 1.807) is 31.7 Å². The van der Waals surface area contributed by atoms with E-state index in [9.17, 15) is 4.79 Å². The smallest absolute Gasteiger partial charge is 0.219 e. The van der Waals surface area contributed by atoms with E-state index in [-0.39, 0.29) is 11.9 Å². The van der Waals surface area contributed by atoms with Gasteiger partial charge in [0.15, 0.2) is 0 Å². The predicted molar refractivity (Wildman–Crippen MR) is 100 cm³/mol. The second-order valence-corrected chi connectivity index (χ2v) is 7.13. The van der Waals surface area contributed by atoms with Crippen LogP contribution >= 0.6 is 11.6 Å². The fourth-order valence-electron chi connectivity index (χ4n) is 3.49. The van der Waals surface area contributed by atoms with E-state index in [4.69, 9.17) is 11.6 Å². The Morgan fingerprint density at radius 1 is 1.23 bits per heavy atom. The summed E-state index contributed by atoms with van der Waals surface area (Å²) in [4.78, 5) is 28.7. The van der Waals surface area contributed by atoms with Crippen LogP contribution in [0, 0.1) is 0 Å². The molecule has 0 aliphatic carbocycles. The summed E-state index contributed by atoms with van der Waals surface area (Å²) >= 11 is 6.24. The van der Waals surface area contributed by atoms with Gasteiger partial charge in [0.05, 0.1) is 5.02 Å². The molecule has 0 spiro atoms. The number of carbonyl (C=O) groups excluding carboxylic acids is 1. The third-order valence-electron chi connectivity index (χ3n) is 4.85. The highest BCUT2D eigenvalue weighted by atomic mass is 35.5. The first-order chi connectivity index (χ1) is 12.6. The number of carbonyl (C=O) groups is 1. The molecule has 138 valence electrons. The molecule has 7 heteroatoms. The minimum absolute atomic E-state index is 0.101. The molecule has 3 heterocycles. The molecule has 0 saturated carbocycles. The number of aromatic nitrogens is 3. The van der Waals surface area contributed by atoms with E-state index in [0.29, 0.717) is 11.6 Å². The van der Waals surface area contributed by atoms with Crippen molar-refractivity contribution < 1.29 is 4.79 Å². The molecule has 1 amide bonds. The number of halogens is 1. The molecule has 1 fully saturated rings. The highest BCUT2D eigenvalue weighted by molar-refractivity contribution is 6.31. The van der Waals surface area contributed by atoms with Gasteiger partial charge in [0.1, 0.15) is 6.33 Å². The lowest BCUT2D eigenvalue weighted by Crippen LogP contribution is -2.39. The first-order valence-electron chi connectivity index (χ1n) is 8.95. The van der Waals surface area contributed by atoms with E-state index in [1.807, 2.05) is 11.0 Å². The van der Waals surface area contributed by atoms with Crippen LogP contribution < -0.4 is 0 Å². The summed E-state index contributed by atoms with van der Waals surface area (Å²) in [5.41, 5.74) is 2.07. The molecule has 6 nitrogen and oxygen atoms in total. The highest BCUT2D eigenvalue weighted by Crippen LogP contribution is 2.22. The molecule has 1 aliphatic rings. The number of hydrogen-bond donors (Lipinski definition) is 0. The molecule has 0 N–H and O–H groups in total. The van der Waals surface area contributed by atoms with Crippen LogP contribution in [0.1, 0.15) is 37.3 Å². The predicted octanol–water partition coefficient (Wildman–Crippen LogP) is 2.93. The largest absolute Gasteiger partial charge is 0.335 e. The number of rotatable bonds is 5. The highest BCUT2D eigenvalue weighted by Gasteiger charge is 2.25. The first kappa shape index (κ1) is 18.7. The van der Waals surface area contributed by atoms with Crippen molar-refractivity contribution in [3.63, 3.8) is 0 Å². The minimum Gasteiger partial charge on any atom is -0.335 e. The number of hydrogen-bond acceptors (Lipinski definition) is 5. The van der Waals surface area contributed by atoms with Crippen molar-refractivity contribution in [1.29, 1.82) is 0 Å². The average Bonchev–Trinajstić information content (AvgIpc) is 2.88. The maximum absolute atomic E-state index is 12.2. The Hall–Kier alpha value is -2.05. The van der Waals surface area contributed by atoms with E-state index in [1.165, 1.54) is 6.33 Å². The van der Waals surface area contributed by atoms with Crippen molar-refractivity contribution in [3.05, 3.63) is 53.3 Å². The molecule has 0 radical (unpaired) electrons. The number of pyridine rings is 1. The molecule has 2 aromatic heterocycles. The standard InChI is InChI=1S/C19H24ClN5O/c1-15(26)25(12-16-9-22-14-23-10-16)18-3-2-7-24(8-5-18)13-17-4-6-21-11-19(17)20/h4,6,9-11,14,18H,2-3,5,7-8,12-13H2,1H3/t18-/m0/s1. The lowest BCUT2D eigenvalue weighted by Gasteiger charge is -2.30. The van der Waals surface area contributed by atoms with Gasteiger partial charge in [0.2, 0.25) is 5.91 Å². The first-order valence-corrected chi connectivity index (χ1v) is 9.33. The van der Waals surface area contributed by atoms with Crippen LogP contribution in [-0.2, 0) is 17.9 Å². The number of nitrogens with zero attached hydrogens (tertiary/aromatic N) is 5. The van der Waals surface area contributed by atoms with Crippen LogP contribution in [-0.4, -0.2) is 49.8 Å². The number of amides is 1. The maximum Gasteiger partial charge on any atom is 0.219 e. The maximum atomic E-state index is 12.2. The third-order valence-corrected chi connectivity index (χ3v) is 5.19. The summed E-state index contributed by atoms with van der Waals surface area (Å²) in [5, 5.41) is 0.711. The molecule has 2 aromatic rings. The zero-order chi connectivity index (χ0) is 18.4. The van der Waals surface area contributed by atoms with Gasteiger partial charge in [-0.05, 0) is 37.4 Å². The van der Waals surface area contributed by atoms with E-state index in [2.05, 4.69) is 19.9 Å². The lowest BCUT2D eigenvalue weighted by atomic mass is 10.1. The van der Waals surface area contributed by atoms with E-state index < -0.39 is 0 Å². The van der Waals surface area contributed by atoms with Gasteiger partial charge in [-0.3, -0.25) is 14.7 Å². The SMILES string of the molecule is CC(=O)N(Cc1cncnc1)[C@H]1CCCN(Cc2ccncc2Cl)CC1. The third kappa shape index (κ3) is 4.99. The summed E-state index contributed by atoms with van der Waals surface area (Å²) in [5.74, 6) is 0.101. The van der Waals surface area contributed by atoms with Crippen molar-refractivity contribution in [2.75, 3.05) is 13.1 Å². The summed E-state index contributed by atoms with van der Waals surface area (Å²) < 4.78 is 0. The van der Waals surface area contributed by atoms with Crippen molar-refractivity contribution >= 4 is 17.5 Å². The second kappa shape index (κ2) is 9.05. The molecule has 1 saturated heterocycles. The summed E-state index contributed by atoms with van der Waals surface area (Å²) in [6, 6.07) is 2.22. The Bertz CT molecular complexity index is 727. The molecule has 1 atom stereocenters. The van der Waals surface area contributed by atoms with Gasteiger partial charge in [-0.25, -0.2) is 9.97 Å². The fourth-order valence-corrected chi connectivity index (χ4v) is 3.67. The van der Waals surface area contributed by atoms with Gasteiger partial charge in [-0.1, -0.05) is 11.6 Å². The van der Waals surface area contributed by atoms with Crippen LogP contribution in [0.25, 0.3) is 0 Å². The fraction of sp³-hybridized carbons (Fsp3) is 0.474. The lowest BCUT2D eigenvalue weighted by molar-refractivity contribution is -0.132. The molecule has 1 aliphatic heterocycles. The normalized spacial score (nSPS) is 18.3. The minimum atomic E-state index is 0.101. The van der Waals surface area contributed by atoms with Crippen molar-refractivity contribution in [2.45, 2.75) is 45.3 Å². The average molecular weight is 374 g/mol. The van der Waals surface area contributed by atoms with Crippen LogP contribution in [0.15, 0.2) is 37.2 Å². The summed E-state index contributed by atoms with van der Waals surface area (Å²) in [7, 11) is 0. The molecule has 26 heavy (non-hydrogen) atoms. The Morgan fingerprint density at radius 2 is 2.04 bits per heavy atom. The van der Waals surface area contributed by atoms with Crippen molar-refractivity contribution in [2.24, 2.45) is 0 Å². The molecular formula is C19H24ClN5O. The van der Waals surface area contributed by atoms with Crippen molar-refractivity contribution in [1.82, 2.24) is 24.8 Å². The molecule has 3 rings (SSSR count). The zero-order valence-corrected chi connectivity index (χ0v) is 15.8. The van der Waals surface area contributed by atoms with E-state index >= 15 is 0 Å². The summed E-state index contributed by atoms with van der Waals surface area (Å²) in [6.07, 6.45) is 11.6.